The van der Waals surface area contributed by atoms with Crippen LogP contribution in [0.2, 0.25) is 5.02 Å². The Bertz CT molecular complexity index is 1840. The van der Waals surface area contributed by atoms with Crippen molar-refractivity contribution in [3.05, 3.63) is 88.4 Å². The number of imide groups is 1. The fourth-order valence-electron chi connectivity index (χ4n) is 5.94. The SMILES string of the molecule is COc1cccc(C(=O)COC(=O)c2cc(-c3ccc(N4C(=O)C5CC(Br)C(Br)CC5C4=O)cc3)nc3c(C)c(Cl)ccc23)c1. The fourth-order valence-corrected chi connectivity index (χ4v) is 7.33. The quantitative estimate of drug-likeness (QED) is 0.0843. The van der Waals surface area contributed by atoms with Crippen LogP contribution >= 0.6 is 43.5 Å². The van der Waals surface area contributed by atoms with Crippen LogP contribution in [0.15, 0.2) is 66.7 Å². The number of anilines is 1. The summed E-state index contributed by atoms with van der Waals surface area (Å²) >= 11 is 13.7. The first-order chi connectivity index (χ1) is 21.6. The minimum absolute atomic E-state index is 0.120. The predicted molar refractivity (Wildman–Crippen MR) is 179 cm³/mol. The second kappa shape index (κ2) is 12.7. The Labute approximate surface area is 281 Å². The number of benzene rings is 3. The van der Waals surface area contributed by atoms with Crippen molar-refractivity contribution in [1.29, 1.82) is 0 Å². The van der Waals surface area contributed by atoms with E-state index in [-0.39, 0.29) is 44.7 Å². The van der Waals surface area contributed by atoms with Crippen LogP contribution in [0.25, 0.3) is 22.2 Å². The van der Waals surface area contributed by atoms with Gasteiger partial charge in [0.25, 0.3) is 0 Å². The summed E-state index contributed by atoms with van der Waals surface area (Å²) in [5.74, 6) is -1.63. The lowest BCUT2D eigenvalue weighted by atomic mass is 9.81. The molecule has 0 radical (unpaired) electrons. The Morgan fingerprint density at radius 2 is 1.62 bits per heavy atom. The van der Waals surface area contributed by atoms with Gasteiger partial charge in [-0.05, 0) is 61.7 Å². The largest absolute Gasteiger partial charge is 0.497 e. The number of hydrogen-bond acceptors (Lipinski definition) is 7. The summed E-state index contributed by atoms with van der Waals surface area (Å²) in [6.45, 7) is 1.35. The van der Waals surface area contributed by atoms with E-state index < -0.39 is 12.6 Å². The number of pyridine rings is 1. The first-order valence-electron chi connectivity index (χ1n) is 14.3. The maximum Gasteiger partial charge on any atom is 0.339 e. The Hall–Kier alpha value is -3.60. The van der Waals surface area contributed by atoms with E-state index in [0.29, 0.717) is 62.6 Å². The molecule has 230 valence electrons. The number of halogens is 3. The lowest BCUT2D eigenvalue weighted by molar-refractivity contribution is -0.122. The summed E-state index contributed by atoms with van der Waals surface area (Å²) in [4.78, 5) is 59.1. The number of aromatic nitrogens is 1. The smallest absolute Gasteiger partial charge is 0.339 e. The van der Waals surface area contributed by atoms with Crippen LogP contribution in [0.3, 0.4) is 0 Å². The molecule has 11 heteroatoms. The summed E-state index contributed by atoms with van der Waals surface area (Å²) in [5, 5.41) is 1.01. The minimum atomic E-state index is -0.690. The van der Waals surface area contributed by atoms with E-state index in [1.54, 1.807) is 66.7 Å². The second-order valence-electron chi connectivity index (χ2n) is 11.1. The van der Waals surface area contributed by atoms with Gasteiger partial charge in [0.1, 0.15) is 5.75 Å². The number of methoxy groups -OCH3 is 1. The van der Waals surface area contributed by atoms with Gasteiger partial charge in [0.15, 0.2) is 12.4 Å². The average Bonchev–Trinajstić information content (AvgIpc) is 3.29. The molecule has 0 N–H and O–H groups in total. The molecule has 2 amide bonds. The number of fused-ring (bicyclic) bond motifs is 2. The van der Waals surface area contributed by atoms with Crippen LogP contribution < -0.4 is 9.64 Å². The molecule has 0 spiro atoms. The first-order valence-corrected chi connectivity index (χ1v) is 16.5. The van der Waals surface area contributed by atoms with E-state index in [2.05, 4.69) is 31.9 Å². The number of rotatable bonds is 7. The molecule has 4 aromatic rings. The van der Waals surface area contributed by atoms with Crippen LogP contribution in [0.1, 0.15) is 39.1 Å². The number of ether oxygens (including phenoxy) is 2. The molecule has 4 atom stereocenters. The molecular formula is C34H27Br2ClN2O6. The zero-order valence-electron chi connectivity index (χ0n) is 24.3. The average molecular weight is 755 g/mol. The van der Waals surface area contributed by atoms with Gasteiger partial charge in [-0.15, -0.1) is 0 Å². The van der Waals surface area contributed by atoms with Crippen LogP contribution in [-0.2, 0) is 14.3 Å². The van der Waals surface area contributed by atoms with E-state index in [0.717, 1.165) is 0 Å². The molecule has 3 aromatic carbocycles. The van der Waals surface area contributed by atoms with E-state index in [4.69, 9.17) is 26.1 Å². The zero-order valence-corrected chi connectivity index (χ0v) is 28.2. The Morgan fingerprint density at radius 1 is 0.956 bits per heavy atom. The van der Waals surface area contributed by atoms with E-state index in [9.17, 15) is 19.2 Å². The van der Waals surface area contributed by atoms with Crippen LogP contribution in [-0.4, -0.2) is 51.9 Å². The topological polar surface area (TPSA) is 103 Å². The highest BCUT2D eigenvalue weighted by Crippen LogP contribution is 2.44. The van der Waals surface area contributed by atoms with Crippen LogP contribution in [0.4, 0.5) is 5.69 Å². The summed E-state index contributed by atoms with van der Waals surface area (Å²) < 4.78 is 10.7. The molecule has 1 saturated heterocycles. The van der Waals surface area contributed by atoms with Gasteiger partial charge in [-0.25, -0.2) is 9.78 Å². The zero-order chi connectivity index (χ0) is 32.0. The molecule has 45 heavy (non-hydrogen) atoms. The van der Waals surface area contributed by atoms with Gasteiger partial charge < -0.3 is 9.47 Å². The molecule has 0 bridgehead atoms. The van der Waals surface area contributed by atoms with Crippen molar-refractivity contribution in [2.75, 3.05) is 18.6 Å². The second-order valence-corrected chi connectivity index (χ2v) is 13.9. The lowest BCUT2D eigenvalue weighted by Crippen LogP contribution is -2.34. The number of Topliss-reactive ketones (excluding diaryl/α,β-unsaturated/α-hetero) is 1. The molecule has 8 nitrogen and oxygen atoms in total. The highest BCUT2D eigenvalue weighted by molar-refractivity contribution is 9.12. The maximum atomic E-state index is 13.4. The summed E-state index contributed by atoms with van der Waals surface area (Å²) in [6.07, 6.45) is 1.18. The summed E-state index contributed by atoms with van der Waals surface area (Å²) in [5.41, 5.74) is 3.37. The van der Waals surface area contributed by atoms with Crippen molar-refractivity contribution in [1.82, 2.24) is 4.98 Å². The van der Waals surface area contributed by atoms with Gasteiger partial charge in [0, 0.05) is 31.2 Å². The van der Waals surface area contributed by atoms with E-state index >= 15 is 0 Å². The minimum Gasteiger partial charge on any atom is -0.497 e. The molecule has 1 aliphatic heterocycles. The monoisotopic (exact) mass is 752 g/mol. The number of hydrogen-bond donors (Lipinski definition) is 0. The van der Waals surface area contributed by atoms with Gasteiger partial charge in [-0.1, -0.05) is 73.8 Å². The number of carbonyl (C=O) groups is 4. The highest BCUT2D eigenvalue weighted by atomic mass is 79.9. The summed E-state index contributed by atoms with van der Waals surface area (Å²) in [6, 6.07) is 18.5. The Balaban J connectivity index is 1.29. The van der Waals surface area contributed by atoms with E-state index in [1.807, 2.05) is 6.92 Å². The molecule has 2 fully saturated rings. The molecule has 2 heterocycles. The third-order valence-electron chi connectivity index (χ3n) is 8.45. The number of carbonyl (C=O) groups excluding carboxylic acids is 4. The fraction of sp³-hybridized carbons (Fsp3) is 0.265. The van der Waals surface area contributed by atoms with Crippen molar-refractivity contribution in [3.8, 4) is 17.0 Å². The Kier molecular flexibility index (Phi) is 8.83. The highest BCUT2D eigenvalue weighted by Gasteiger charge is 2.52. The van der Waals surface area contributed by atoms with E-state index in [1.165, 1.54) is 12.0 Å². The molecule has 1 aliphatic carbocycles. The van der Waals surface area contributed by atoms with Crippen molar-refractivity contribution in [2.45, 2.75) is 29.4 Å². The number of ketones is 1. The molecule has 4 unspecified atom stereocenters. The molecule has 2 aliphatic rings. The molecule has 1 saturated carbocycles. The molecule has 6 rings (SSSR count). The first kappa shape index (κ1) is 31.4. The summed E-state index contributed by atoms with van der Waals surface area (Å²) in [7, 11) is 1.51. The van der Waals surface area contributed by atoms with Crippen molar-refractivity contribution in [3.63, 3.8) is 0 Å². The van der Waals surface area contributed by atoms with Gasteiger partial charge in [-0.3, -0.25) is 19.3 Å². The van der Waals surface area contributed by atoms with Gasteiger partial charge in [-0.2, -0.15) is 0 Å². The third kappa shape index (κ3) is 5.91. The lowest BCUT2D eigenvalue weighted by Gasteiger charge is -2.29. The van der Waals surface area contributed by atoms with Crippen LogP contribution in [0, 0.1) is 18.8 Å². The number of esters is 1. The van der Waals surface area contributed by atoms with Crippen molar-refractivity contribution in [2.24, 2.45) is 11.8 Å². The maximum absolute atomic E-state index is 13.4. The number of nitrogens with zero attached hydrogens (tertiary/aromatic N) is 2. The van der Waals surface area contributed by atoms with Crippen molar-refractivity contribution >= 4 is 83.6 Å². The van der Waals surface area contributed by atoms with Gasteiger partial charge in [0.05, 0.1) is 41.4 Å². The number of amides is 2. The van der Waals surface area contributed by atoms with Gasteiger partial charge >= 0.3 is 5.97 Å². The van der Waals surface area contributed by atoms with Gasteiger partial charge in [0.2, 0.25) is 11.8 Å². The predicted octanol–water partition coefficient (Wildman–Crippen LogP) is 7.34. The third-order valence-corrected chi connectivity index (χ3v) is 11.6. The molecule has 1 aromatic heterocycles. The van der Waals surface area contributed by atoms with Crippen molar-refractivity contribution < 1.29 is 28.7 Å². The normalized spacial score (nSPS) is 21.1. The van der Waals surface area contributed by atoms with Crippen LogP contribution in [0.5, 0.6) is 5.75 Å². The number of alkyl halides is 2. The molecular weight excluding hydrogens is 728 g/mol. The Morgan fingerprint density at radius 3 is 2.27 bits per heavy atom. The standard InChI is InChI=1S/C34H27Br2ClN2O6/c1-17-28(37)11-10-22-25(34(43)45-16-30(40)19-4-3-5-21(12-19)44-2)15-29(38-31(17)22)18-6-8-20(9-7-18)39-32(41)23-13-26(35)27(36)14-24(23)33(39)42/h3-12,15,23-24,26-27H,13-14,16H2,1-2H3. The number of aryl methyl sites for hydroxylation is 1.